The molecule has 0 amide bonds. The maximum absolute atomic E-state index is 11.6. The monoisotopic (exact) mass is 222 g/mol. The van der Waals surface area contributed by atoms with Crippen LogP contribution < -0.4 is 5.73 Å². The number of anilines is 1. The standard InChI is InChI=1S/C10H10N2O2S/c1-2-14-10(13)8-6-3-4-12-5-7(6)15-9(8)11/h3-5H,2,11H2,1H3. The predicted octanol–water partition coefficient (Wildman–Crippen LogP) is 2.06. The second-order valence-corrected chi connectivity index (χ2v) is 4.02. The van der Waals surface area contributed by atoms with Gasteiger partial charge in [0.05, 0.1) is 11.3 Å². The molecule has 0 aliphatic heterocycles. The van der Waals surface area contributed by atoms with Crippen LogP contribution in [0.1, 0.15) is 17.3 Å². The molecule has 0 fully saturated rings. The zero-order chi connectivity index (χ0) is 10.8. The Bertz CT molecular complexity index is 507. The molecule has 0 saturated carbocycles. The second kappa shape index (κ2) is 3.86. The van der Waals surface area contributed by atoms with Gasteiger partial charge in [0.1, 0.15) is 10.6 Å². The van der Waals surface area contributed by atoms with Crippen LogP contribution in [-0.2, 0) is 4.74 Å². The van der Waals surface area contributed by atoms with Crippen molar-refractivity contribution in [2.75, 3.05) is 12.3 Å². The average molecular weight is 222 g/mol. The van der Waals surface area contributed by atoms with Gasteiger partial charge in [0, 0.05) is 17.8 Å². The smallest absolute Gasteiger partial charge is 0.341 e. The Morgan fingerprint density at radius 1 is 1.67 bits per heavy atom. The van der Waals surface area contributed by atoms with Gasteiger partial charge in [0.15, 0.2) is 0 Å². The number of carbonyl (C=O) groups excluding carboxylic acids is 1. The van der Waals surface area contributed by atoms with Gasteiger partial charge in [-0.05, 0) is 13.0 Å². The van der Waals surface area contributed by atoms with E-state index in [0.29, 0.717) is 17.2 Å². The number of carbonyl (C=O) groups is 1. The van der Waals surface area contributed by atoms with Crippen molar-refractivity contribution in [2.45, 2.75) is 6.92 Å². The molecule has 2 heterocycles. The third kappa shape index (κ3) is 1.66. The lowest BCUT2D eigenvalue weighted by Crippen LogP contribution is -2.05. The van der Waals surface area contributed by atoms with E-state index < -0.39 is 0 Å². The first-order chi connectivity index (χ1) is 7.24. The van der Waals surface area contributed by atoms with Crippen molar-refractivity contribution >= 4 is 32.4 Å². The van der Waals surface area contributed by atoms with E-state index in [1.165, 1.54) is 11.3 Å². The van der Waals surface area contributed by atoms with Crippen molar-refractivity contribution in [2.24, 2.45) is 0 Å². The summed E-state index contributed by atoms with van der Waals surface area (Å²) in [6.45, 7) is 2.12. The van der Waals surface area contributed by atoms with Crippen LogP contribution in [0.15, 0.2) is 18.5 Å². The van der Waals surface area contributed by atoms with Crippen molar-refractivity contribution in [3.8, 4) is 0 Å². The van der Waals surface area contributed by atoms with Gasteiger partial charge < -0.3 is 10.5 Å². The van der Waals surface area contributed by atoms with Gasteiger partial charge in [-0.1, -0.05) is 0 Å². The molecule has 0 atom stereocenters. The maximum Gasteiger partial charge on any atom is 0.341 e. The molecular weight excluding hydrogens is 212 g/mol. The van der Waals surface area contributed by atoms with Gasteiger partial charge in [-0.3, -0.25) is 4.98 Å². The number of nitrogens with two attached hydrogens (primary N) is 1. The highest BCUT2D eigenvalue weighted by Crippen LogP contribution is 2.33. The molecule has 0 saturated heterocycles. The summed E-state index contributed by atoms with van der Waals surface area (Å²) < 4.78 is 5.84. The first kappa shape index (κ1) is 9.92. The van der Waals surface area contributed by atoms with Crippen LogP contribution in [0.3, 0.4) is 0 Å². The summed E-state index contributed by atoms with van der Waals surface area (Å²) in [6.07, 6.45) is 3.33. The molecule has 2 aromatic heterocycles. The predicted molar refractivity (Wildman–Crippen MR) is 60.0 cm³/mol. The maximum atomic E-state index is 11.6. The highest BCUT2D eigenvalue weighted by atomic mass is 32.1. The van der Waals surface area contributed by atoms with E-state index in [9.17, 15) is 4.79 Å². The number of nitrogen functional groups attached to an aromatic ring is 1. The second-order valence-electron chi connectivity index (χ2n) is 2.93. The van der Waals surface area contributed by atoms with Crippen LogP contribution in [0.4, 0.5) is 5.00 Å². The van der Waals surface area contributed by atoms with Crippen molar-refractivity contribution < 1.29 is 9.53 Å². The van der Waals surface area contributed by atoms with Gasteiger partial charge in [-0.2, -0.15) is 0 Å². The van der Waals surface area contributed by atoms with Crippen molar-refractivity contribution in [1.82, 2.24) is 4.98 Å². The SMILES string of the molecule is CCOC(=O)c1c(N)sc2cnccc12. The Hall–Kier alpha value is -1.62. The number of nitrogens with zero attached hydrogens (tertiary/aromatic N) is 1. The van der Waals surface area contributed by atoms with Gasteiger partial charge in [0.2, 0.25) is 0 Å². The normalized spacial score (nSPS) is 10.5. The Kier molecular flexibility index (Phi) is 2.55. The molecule has 4 nitrogen and oxygen atoms in total. The third-order valence-corrected chi connectivity index (χ3v) is 2.97. The zero-order valence-corrected chi connectivity index (χ0v) is 9.00. The number of fused-ring (bicyclic) bond motifs is 1. The summed E-state index contributed by atoms with van der Waals surface area (Å²) in [7, 11) is 0. The van der Waals surface area contributed by atoms with Gasteiger partial charge in [0.25, 0.3) is 0 Å². The van der Waals surface area contributed by atoms with Crippen molar-refractivity contribution in [3.63, 3.8) is 0 Å². The van der Waals surface area contributed by atoms with Gasteiger partial charge in [-0.15, -0.1) is 11.3 Å². The lowest BCUT2D eigenvalue weighted by Gasteiger charge is -2.00. The van der Waals surface area contributed by atoms with E-state index in [2.05, 4.69) is 4.98 Å². The Labute approximate surface area is 90.7 Å². The largest absolute Gasteiger partial charge is 0.462 e. The minimum atomic E-state index is -0.368. The van der Waals surface area contributed by atoms with E-state index in [0.717, 1.165) is 10.1 Å². The number of thiophene rings is 1. The van der Waals surface area contributed by atoms with Crippen LogP contribution in [-0.4, -0.2) is 17.6 Å². The molecule has 2 rings (SSSR count). The average Bonchev–Trinajstić information content (AvgIpc) is 2.54. The number of hydrogen-bond donors (Lipinski definition) is 1. The zero-order valence-electron chi connectivity index (χ0n) is 8.19. The van der Waals surface area contributed by atoms with Crippen molar-refractivity contribution in [3.05, 3.63) is 24.0 Å². The molecule has 2 N–H and O–H groups in total. The van der Waals surface area contributed by atoms with Crippen molar-refractivity contribution in [1.29, 1.82) is 0 Å². The van der Waals surface area contributed by atoms with E-state index in [4.69, 9.17) is 10.5 Å². The van der Waals surface area contributed by atoms with E-state index in [-0.39, 0.29) is 5.97 Å². The Balaban J connectivity index is 2.58. The first-order valence-corrected chi connectivity index (χ1v) is 5.34. The van der Waals surface area contributed by atoms with Gasteiger partial charge >= 0.3 is 5.97 Å². The fourth-order valence-corrected chi connectivity index (χ4v) is 2.31. The quantitative estimate of drug-likeness (QED) is 0.790. The minimum Gasteiger partial charge on any atom is -0.462 e. The molecule has 0 bridgehead atoms. The molecule has 5 heteroatoms. The summed E-state index contributed by atoms with van der Waals surface area (Å²) in [5, 5.41) is 1.29. The summed E-state index contributed by atoms with van der Waals surface area (Å²) in [5.41, 5.74) is 6.23. The fraction of sp³-hybridized carbons (Fsp3) is 0.200. The third-order valence-electron chi connectivity index (χ3n) is 2.00. The fourth-order valence-electron chi connectivity index (χ4n) is 1.38. The molecule has 0 spiro atoms. The summed E-state index contributed by atoms with van der Waals surface area (Å²) in [4.78, 5) is 15.6. The molecule has 2 aromatic rings. The summed E-state index contributed by atoms with van der Waals surface area (Å²) in [6, 6.07) is 1.77. The molecule has 0 radical (unpaired) electrons. The van der Waals surface area contributed by atoms with E-state index in [1.54, 1.807) is 25.4 Å². The van der Waals surface area contributed by atoms with Crippen LogP contribution >= 0.6 is 11.3 Å². The molecule has 78 valence electrons. The number of rotatable bonds is 2. The van der Waals surface area contributed by atoms with E-state index in [1.807, 2.05) is 0 Å². The number of esters is 1. The molecule has 0 aromatic carbocycles. The first-order valence-electron chi connectivity index (χ1n) is 4.53. The molecular formula is C10H10N2O2S. The number of ether oxygens (including phenoxy) is 1. The summed E-state index contributed by atoms with van der Waals surface area (Å²) >= 11 is 1.35. The number of pyridine rings is 1. The Morgan fingerprint density at radius 3 is 3.20 bits per heavy atom. The summed E-state index contributed by atoms with van der Waals surface area (Å²) in [5.74, 6) is -0.368. The highest BCUT2D eigenvalue weighted by Gasteiger charge is 2.17. The molecule has 15 heavy (non-hydrogen) atoms. The van der Waals surface area contributed by atoms with Crippen LogP contribution in [0.25, 0.3) is 10.1 Å². The van der Waals surface area contributed by atoms with Crippen LogP contribution in [0.5, 0.6) is 0 Å². The highest BCUT2D eigenvalue weighted by molar-refractivity contribution is 7.23. The lowest BCUT2D eigenvalue weighted by molar-refractivity contribution is 0.0530. The molecule has 0 aliphatic carbocycles. The lowest BCUT2D eigenvalue weighted by atomic mass is 10.2. The topological polar surface area (TPSA) is 65.2 Å². The van der Waals surface area contributed by atoms with Gasteiger partial charge in [-0.25, -0.2) is 4.79 Å². The van der Waals surface area contributed by atoms with E-state index >= 15 is 0 Å². The Morgan fingerprint density at radius 2 is 2.47 bits per heavy atom. The number of aromatic nitrogens is 1. The van der Waals surface area contributed by atoms with Crippen LogP contribution in [0, 0.1) is 0 Å². The molecule has 0 aliphatic rings. The molecule has 0 unspecified atom stereocenters. The number of hydrogen-bond acceptors (Lipinski definition) is 5. The minimum absolute atomic E-state index is 0.348. The van der Waals surface area contributed by atoms with Crippen LogP contribution in [0.2, 0.25) is 0 Å².